The average molecular weight is 479 g/mol. The van der Waals surface area contributed by atoms with Crippen LogP contribution in [0.4, 0.5) is 5.82 Å². The largest absolute Gasteiger partial charge is 0.506 e. The number of guanidine groups is 1. The monoisotopic (exact) mass is 478 g/mol. The second kappa shape index (κ2) is 8.83. The van der Waals surface area contributed by atoms with Gasteiger partial charge in [0.2, 0.25) is 5.96 Å². The molecule has 1 aromatic heterocycles. The fourth-order valence-corrected chi connectivity index (χ4v) is 4.66. The van der Waals surface area contributed by atoms with Gasteiger partial charge in [-0.1, -0.05) is 53.2 Å². The van der Waals surface area contributed by atoms with Gasteiger partial charge in [-0.15, -0.1) is 0 Å². The van der Waals surface area contributed by atoms with Gasteiger partial charge < -0.3 is 14.9 Å². The van der Waals surface area contributed by atoms with E-state index >= 15 is 0 Å². The number of imidazole rings is 1. The minimum absolute atomic E-state index is 0.0224. The van der Waals surface area contributed by atoms with Crippen LogP contribution in [0.5, 0.6) is 5.75 Å². The number of hydrogen-bond acceptors (Lipinski definition) is 7. The van der Waals surface area contributed by atoms with Gasteiger partial charge >= 0.3 is 0 Å². The van der Waals surface area contributed by atoms with Gasteiger partial charge in [-0.2, -0.15) is 0 Å². The number of oxime groups is 1. The van der Waals surface area contributed by atoms with E-state index in [9.17, 15) is 15.1 Å². The summed E-state index contributed by atoms with van der Waals surface area (Å²) >= 11 is 6.09. The van der Waals surface area contributed by atoms with E-state index in [1.54, 1.807) is 21.6 Å². The lowest BCUT2D eigenvalue weighted by Crippen LogP contribution is -2.50. The third-order valence-electron chi connectivity index (χ3n) is 6.01. The molecule has 0 bridgehead atoms. The fourth-order valence-electron chi connectivity index (χ4n) is 4.46. The van der Waals surface area contributed by atoms with Crippen LogP contribution in [-0.2, 0) is 13.0 Å². The van der Waals surface area contributed by atoms with E-state index in [1.165, 1.54) is 17.8 Å². The summed E-state index contributed by atoms with van der Waals surface area (Å²) in [5.41, 5.74) is 2.32. The van der Waals surface area contributed by atoms with Crippen LogP contribution in [0.1, 0.15) is 34.4 Å². The zero-order chi connectivity index (χ0) is 23.8. The second-order valence-corrected chi connectivity index (χ2v) is 8.60. The first-order valence-corrected chi connectivity index (χ1v) is 11.3. The van der Waals surface area contributed by atoms with Crippen molar-refractivity contribution in [2.75, 3.05) is 18.0 Å². The van der Waals surface area contributed by atoms with Crippen LogP contribution in [0, 0.1) is 0 Å². The average Bonchev–Trinajstić information content (AvgIpc) is 3.39. The minimum atomic E-state index is -0.220. The Kier molecular flexibility index (Phi) is 5.70. The molecule has 0 radical (unpaired) electrons. The molecular weight excluding hydrogens is 456 g/mol. The normalized spacial score (nSPS) is 17.3. The lowest BCUT2D eigenvalue weighted by atomic mass is 10.1. The zero-order valence-electron chi connectivity index (χ0n) is 18.5. The first-order valence-electron chi connectivity index (χ1n) is 11.0. The van der Waals surface area contributed by atoms with Crippen LogP contribution in [0.15, 0.2) is 58.7 Å². The molecule has 9 nitrogen and oxygen atoms in total. The third-order valence-corrected chi connectivity index (χ3v) is 6.32. The number of aromatic nitrogens is 2. The van der Waals surface area contributed by atoms with Crippen LogP contribution in [0.2, 0.25) is 5.02 Å². The van der Waals surface area contributed by atoms with Crippen molar-refractivity contribution in [3.63, 3.8) is 0 Å². The van der Waals surface area contributed by atoms with Crippen molar-refractivity contribution in [1.82, 2.24) is 14.5 Å². The van der Waals surface area contributed by atoms with E-state index in [1.807, 2.05) is 30.0 Å². The molecule has 2 aliphatic rings. The van der Waals surface area contributed by atoms with Crippen molar-refractivity contribution >= 4 is 35.5 Å². The van der Waals surface area contributed by atoms with Crippen LogP contribution in [-0.4, -0.2) is 62.0 Å². The number of halogens is 1. The molecule has 0 saturated carbocycles. The van der Waals surface area contributed by atoms with E-state index in [2.05, 4.69) is 22.3 Å². The lowest BCUT2D eigenvalue weighted by Gasteiger charge is -2.33. The predicted molar refractivity (Wildman–Crippen MR) is 129 cm³/mol. The molecule has 0 spiro atoms. The highest BCUT2D eigenvalue weighted by atomic mass is 35.5. The zero-order valence-corrected chi connectivity index (χ0v) is 19.2. The van der Waals surface area contributed by atoms with E-state index in [0.717, 1.165) is 12.0 Å². The Balaban J connectivity index is 1.55. The molecule has 0 saturated heterocycles. The number of nitrogens with zero attached hydrogens (tertiary/aromatic N) is 6. The number of rotatable bonds is 6. The van der Waals surface area contributed by atoms with E-state index < -0.39 is 0 Å². The van der Waals surface area contributed by atoms with Crippen molar-refractivity contribution < 1.29 is 15.1 Å². The van der Waals surface area contributed by atoms with Gasteiger partial charge in [-0.3, -0.25) is 14.6 Å². The highest BCUT2D eigenvalue weighted by Gasteiger charge is 2.43. The maximum atomic E-state index is 13.6. The van der Waals surface area contributed by atoms with Gasteiger partial charge in [0.1, 0.15) is 12.0 Å². The number of phenols is 1. The summed E-state index contributed by atoms with van der Waals surface area (Å²) in [7, 11) is 0. The topological polar surface area (TPSA) is 107 Å². The Labute approximate surface area is 201 Å². The molecular formula is C24H23ClN6O3. The van der Waals surface area contributed by atoms with Crippen molar-refractivity contribution in [1.29, 1.82) is 0 Å². The van der Waals surface area contributed by atoms with Crippen LogP contribution < -0.4 is 4.90 Å². The van der Waals surface area contributed by atoms with E-state index in [0.29, 0.717) is 36.4 Å². The second-order valence-electron chi connectivity index (χ2n) is 8.19. The number of aromatic hydroxyl groups is 1. The predicted octanol–water partition coefficient (Wildman–Crippen LogP) is 3.36. The fraction of sp³-hybridized carbons (Fsp3) is 0.250. The van der Waals surface area contributed by atoms with Gasteiger partial charge in [0.05, 0.1) is 24.2 Å². The van der Waals surface area contributed by atoms with Gasteiger partial charge in [-0.05, 0) is 36.6 Å². The van der Waals surface area contributed by atoms with E-state index in [4.69, 9.17) is 16.6 Å². The van der Waals surface area contributed by atoms with Crippen molar-refractivity contribution in [2.24, 2.45) is 10.1 Å². The van der Waals surface area contributed by atoms with Crippen LogP contribution >= 0.6 is 11.6 Å². The summed E-state index contributed by atoms with van der Waals surface area (Å²) in [5, 5.41) is 22.4. The first kappa shape index (κ1) is 22.0. The smallest absolute Gasteiger partial charge is 0.281 e. The molecule has 1 atom stereocenters. The summed E-state index contributed by atoms with van der Waals surface area (Å²) in [6.07, 6.45) is 1.96. The molecule has 3 heterocycles. The molecule has 0 aliphatic carbocycles. The first-order chi connectivity index (χ1) is 16.5. The highest BCUT2D eigenvalue weighted by Crippen LogP contribution is 2.34. The molecule has 10 heteroatoms. The molecule has 1 amide bonds. The quantitative estimate of drug-likeness (QED) is 0.321. The molecule has 0 fully saturated rings. The number of hydrogen-bond donors (Lipinski definition) is 2. The Bertz CT molecular complexity index is 1300. The molecule has 5 rings (SSSR count). The molecule has 2 aliphatic heterocycles. The van der Waals surface area contributed by atoms with Crippen molar-refractivity contribution in [3.05, 3.63) is 76.2 Å². The van der Waals surface area contributed by atoms with Gasteiger partial charge in [-0.25, -0.2) is 9.98 Å². The van der Waals surface area contributed by atoms with Gasteiger partial charge in [0, 0.05) is 6.54 Å². The summed E-state index contributed by atoms with van der Waals surface area (Å²) < 4.78 is 1.70. The number of amides is 1. The Morgan fingerprint density at radius 2 is 2.00 bits per heavy atom. The highest BCUT2D eigenvalue weighted by molar-refractivity contribution is 6.32. The van der Waals surface area contributed by atoms with Crippen molar-refractivity contribution in [3.8, 4) is 5.75 Å². The van der Waals surface area contributed by atoms with Crippen molar-refractivity contribution in [2.45, 2.75) is 25.9 Å². The Morgan fingerprint density at radius 1 is 1.21 bits per heavy atom. The summed E-state index contributed by atoms with van der Waals surface area (Å²) in [4.78, 5) is 26.7. The molecule has 2 N–H and O–H groups in total. The SMILES string of the molecule is CCN1C(=O)c2c(nc(/C=N\O)n2Cc2ccc(O)c(Cl)c2)N2C[C@@H](Cc3ccccc3)N=C12. The van der Waals surface area contributed by atoms with E-state index in [-0.39, 0.29) is 29.3 Å². The number of aliphatic imine (C=N–C) groups is 1. The van der Waals surface area contributed by atoms with Gasteiger partial charge in [0.15, 0.2) is 17.3 Å². The minimum Gasteiger partial charge on any atom is -0.506 e. The standard InChI is InChI=1S/C24H23ClN6O3/c1-2-29-23(33)21-22(31-14-17(27-24(29)31)10-15-6-4-3-5-7-15)28-20(12-26-34)30(21)13-16-8-9-19(32)18(25)11-16/h3-9,11-12,17,32,34H,2,10,13-14H2,1H3/b26-12-/t17-/m1/s1. The molecule has 174 valence electrons. The summed E-state index contributed by atoms with van der Waals surface area (Å²) in [6.45, 7) is 3.19. The molecule has 34 heavy (non-hydrogen) atoms. The number of anilines is 1. The maximum Gasteiger partial charge on any atom is 0.281 e. The lowest BCUT2D eigenvalue weighted by molar-refractivity contribution is 0.0836. The maximum absolute atomic E-state index is 13.6. The van der Waals surface area contributed by atoms with Crippen LogP contribution in [0.3, 0.4) is 0 Å². The number of carbonyl (C=O) groups is 1. The van der Waals surface area contributed by atoms with Crippen LogP contribution in [0.25, 0.3) is 0 Å². The molecule has 3 aromatic rings. The number of fused-ring (bicyclic) bond motifs is 3. The molecule has 0 unspecified atom stereocenters. The Hall–Kier alpha value is -3.85. The molecule has 2 aromatic carbocycles. The Morgan fingerprint density at radius 3 is 2.71 bits per heavy atom. The summed E-state index contributed by atoms with van der Waals surface area (Å²) in [5.74, 6) is 1.16. The number of phenolic OH excluding ortho intramolecular Hbond substituents is 1. The summed E-state index contributed by atoms with van der Waals surface area (Å²) in [6, 6.07) is 14.9. The third kappa shape index (κ3) is 3.77. The number of benzene rings is 2. The number of carbonyl (C=O) groups excluding carboxylic acids is 1. The van der Waals surface area contributed by atoms with Gasteiger partial charge in [0.25, 0.3) is 5.91 Å².